The molecule has 0 saturated heterocycles. The third-order valence-corrected chi connectivity index (χ3v) is 2.91. The van der Waals surface area contributed by atoms with Crippen LogP contribution in [0, 0.1) is 5.82 Å². The molecule has 1 heterocycles. The molecule has 6 heteroatoms. The van der Waals surface area contributed by atoms with Crippen LogP contribution in [0.3, 0.4) is 0 Å². The van der Waals surface area contributed by atoms with Crippen LogP contribution in [0.4, 0.5) is 4.39 Å². The summed E-state index contributed by atoms with van der Waals surface area (Å²) in [6.45, 7) is 2.33. The molecule has 0 aliphatic heterocycles. The van der Waals surface area contributed by atoms with Gasteiger partial charge in [0.1, 0.15) is 5.82 Å². The third kappa shape index (κ3) is 3.03. The maximum absolute atomic E-state index is 12.9. The number of nitrogens with zero attached hydrogens (tertiary/aromatic N) is 2. The van der Waals surface area contributed by atoms with Gasteiger partial charge in [0.15, 0.2) is 0 Å². The highest BCUT2D eigenvalue weighted by Gasteiger charge is 2.16. The Balaban J connectivity index is 2.24. The van der Waals surface area contributed by atoms with E-state index in [0.29, 0.717) is 12.2 Å². The van der Waals surface area contributed by atoms with E-state index in [9.17, 15) is 9.18 Å². The maximum atomic E-state index is 12.9. The summed E-state index contributed by atoms with van der Waals surface area (Å²) in [5, 5.41) is 4.13. The van der Waals surface area contributed by atoms with E-state index in [1.807, 2.05) is 0 Å². The molecule has 20 heavy (non-hydrogen) atoms. The molecular formula is C14H16FN3O2. The first kappa shape index (κ1) is 14.2. The van der Waals surface area contributed by atoms with Crippen molar-refractivity contribution in [2.45, 2.75) is 13.0 Å². The second-order valence-electron chi connectivity index (χ2n) is 4.23. The van der Waals surface area contributed by atoms with E-state index in [4.69, 9.17) is 10.5 Å². The molecule has 0 aliphatic carbocycles. The van der Waals surface area contributed by atoms with Crippen LogP contribution >= 0.6 is 0 Å². The minimum atomic E-state index is -0.423. The van der Waals surface area contributed by atoms with Crippen molar-refractivity contribution >= 4 is 5.97 Å². The Morgan fingerprint density at radius 1 is 1.45 bits per heavy atom. The standard InChI is InChI=1S/C14H16FN3O2/c1-2-20-14(19)11-8-17-18(9-11)13(7-16)10-3-5-12(15)6-4-10/h3-6,8-9,13H,2,7,16H2,1H3. The molecule has 0 spiro atoms. The Morgan fingerprint density at radius 2 is 2.15 bits per heavy atom. The molecular weight excluding hydrogens is 261 g/mol. The zero-order valence-electron chi connectivity index (χ0n) is 11.1. The molecule has 1 unspecified atom stereocenters. The van der Waals surface area contributed by atoms with Crippen molar-refractivity contribution in [3.05, 3.63) is 53.6 Å². The second kappa shape index (κ2) is 6.29. The lowest BCUT2D eigenvalue weighted by atomic mass is 10.1. The van der Waals surface area contributed by atoms with Crippen molar-refractivity contribution in [1.82, 2.24) is 9.78 Å². The molecule has 0 radical (unpaired) electrons. The number of benzene rings is 1. The number of rotatable bonds is 5. The van der Waals surface area contributed by atoms with E-state index in [1.54, 1.807) is 29.9 Å². The predicted molar refractivity (Wildman–Crippen MR) is 71.8 cm³/mol. The zero-order valence-corrected chi connectivity index (χ0v) is 11.1. The Kier molecular flexibility index (Phi) is 4.47. The van der Waals surface area contributed by atoms with Gasteiger partial charge in [0.2, 0.25) is 0 Å². The molecule has 2 aromatic rings. The second-order valence-corrected chi connectivity index (χ2v) is 4.23. The van der Waals surface area contributed by atoms with Crippen LogP contribution in [-0.2, 0) is 4.74 Å². The quantitative estimate of drug-likeness (QED) is 0.845. The van der Waals surface area contributed by atoms with Gasteiger partial charge in [0.05, 0.1) is 24.4 Å². The molecule has 1 atom stereocenters. The van der Waals surface area contributed by atoms with E-state index < -0.39 is 5.97 Å². The average molecular weight is 277 g/mol. The number of carbonyl (C=O) groups is 1. The lowest BCUT2D eigenvalue weighted by Crippen LogP contribution is -2.21. The SMILES string of the molecule is CCOC(=O)c1cnn(C(CN)c2ccc(F)cc2)c1. The third-order valence-electron chi connectivity index (χ3n) is 2.91. The fraction of sp³-hybridized carbons (Fsp3) is 0.286. The van der Waals surface area contributed by atoms with Crippen LogP contribution in [0.2, 0.25) is 0 Å². The van der Waals surface area contributed by atoms with Crippen molar-refractivity contribution < 1.29 is 13.9 Å². The summed E-state index contributed by atoms with van der Waals surface area (Å²) >= 11 is 0. The molecule has 0 fully saturated rings. The summed E-state index contributed by atoms with van der Waals surface area (Å²) in [7, 11) is 0. The molecule has 2 N–H and O–H groups in total. The highest BCUT2D eigenvalue weighted by molar-refractivity contribution is 5.88. The molecule has 2 rings (SSSR count). The summed E-state index contributed by atoms with van der Waals surface area (Å²) < 4.78 is 19.4. The number of esters is 1. The number of ether oxygens (including phenoxy) is 1. The number of aromatic nitrogens is 2. The fourth-order valence-electron chi connectivity index (χ4n) is 1.91. The molecule has 1 aromatic heterocycles. The predicted octanol–water partition coefficient (Wildman–Crippen LogP) is 1.75. The molecule has 0 aliphatic rings. The van der Waals surface area contributed by atoms with Crippen LogP contribution in [0.25, 0.3) is 0 Å². The zero-order chi connectivity index (χ0) is 14.5. The molecule has 0 bridgehead atoms. The molecule has 1 aromatic carbocycles. The summed E-state index contributed by atoms with van der Waals surface area (Å²) in [5.41, 5.74) is 6.94. The molecule has 5 nitrogen and oxygen atoms in total. The highest BCUT2D eigenvalue weighted by atomic mass is 19.1. The molecule has 0 saturated carbocycles. The van der Waals surface area contributed by atoms with Crippen molar-refractivity contribution in [1.29, 1.82) is 0 Å². The van der Waals surface area contributed by atoms with Gasteiger partial charge in [-0.05, 0) is 24.6 Å². The van der Waals surface area contributed by atoms with Crippen LogP contribution in [0.1, 0.15) is 28.9 Å². The monoisotopic (exact) mass is 277 g/mol. The van der Waals surface area contributed by atoms with Gasteiger partial charge in [0, 0.05) is 12.7 Å². The minimum Gasteiger partial charge on any atom is -0.462 e. The van der Waals surface area contributed by atoms with Crippen molar-refractivity contribution in [2.75, 3.05) is 13.2 Å². The highest BCUT2D eigenvalue weighted by Crippen LogP contribution is 2.18. The lowest BCUT2D eigenvalue weighted by Gasteiger charge is -2.15. The smallest absolute Gasteiger partial charge is 0.341 e. The van der Waals surface area contributed by atoms with Gasteiger partial charge in [-0.3, -0.25) is 4.68 Å². The van der Waals surface area contributed by atoms with E-state index >= 15 is 0 Å². The van der Waals surface area contributed by atoms with Gasteiger partial charge in [-0.2, -0.15) is 5.10 Å². The van der Waals surface area contributed by atoms with Crippen LogP contribution in [0.5, 0.6) is 0 Å². The van der Waals surface area contributed by atoms with E-state index in [0.717, 1.165) is 5.56 Å². The number of carbonyl (C=O) groups excluding carboxylic acids is 1. The van der Waals surface area contributed by atoms with Gasteiger partial charge in [0.25, 0.3) is 0 Å². The first-order chi connectivity index (χ1) is 9.65. The topological polar surface area (TPSA) is 70.1 Å². The Labute approximate surface area is 116 Å². The summed E-state index contributed by atoms with van der Waals surface area (Å²) in [6.07, 6.45) is 3.02. The van der Waals surface area contributed by atoms with Crippen LogP contribution in [-0.4, -0.2) is 28.9 Å². The minimum absolute atomic E-state index is 0.251. The van der Waals surface area contributed by atoms with Crippen LogP contribution < -0.4 is 5.73 Å². The average Bonchev–Trinajstić information content (AvgIpc) is 2.92. The Bertz CT molecular complexity index is 580. The summed E-state index contributed by atoms with van der Waals surface area (Å²) in [6, 6.07) is 5.79. The lowest BCUT2D eigenvalue weighted by molar-refractivity contribution is 0.0526. The van der Waals surface area contributed by atoms with Crippen molar-refractivity contribution in [3.8, 4) is 0 Å². The maximum Gasteiger partial charge on any atom is 0.341 e. The summed E-state index contributed by atoms with van der Waals surface area (Å²) in [5.74, 6) is -0.731. The van der Waals surface area contributed by atoms with Crippen molar-refractivity contribution in [3.63, 3.8) is 0 Å². The summed E-state index contributed by atoms with van der Waals surface area (Å²) in [4.78, 5) is 11.6. The largest absolute Gasteiger partial charge is 0.462 e. The normalized spacial score (nSPS) is 12.2. The van der Waals surface area contributed by atoms with E-state index in [-0.39, 0.29) is 18.4 Å². The Hall–Kier alpha value is -2.21. The van der Waals surface area contributed by atoms with E-state index in [1.165, 1.54) is 18.3 Å². The first-order valence-corrected chi connectivity index (χ1v) is 6.32. The van der Waals surface area contributed by atoms with Gasteiger partial charge in [-0.1, -0.05) is 12.1 Å². The Morgan fingerprint density at radius 3 is 2.75 bits per heavy atom. The van der Waals surface area contributed by atoms with Gasteiger partial charge in [-0.15, -0.1) is 0 Å². The van der Waals surface area contributed by atoms with Gasteiger partial charge < -0.3 is 10.5 Å². The molecule has 0 amide bonds. The molecule has 106 valence electrons. The fourth-order valence-corrected chi connectivity index (χ4v) is 1.91. The van der Waals surface area contributed by atoms with E-state index in [2.05, 4.69) is 5.10 Å². The number of hydrogen-bond donors (Lipinski definition) is 1. The van der Waals surface area contributed by atoms with Gasteiger partial charge in [-0.25, -0.2) is 9.18 Å². The number of hydrogen-bond acceptors (Lipinski definition) is 4. The number of halogens is 1. The first-order valence-electron chi connectivity index (χ1n) is 6.32. The number of nitrogens with two attached hydrogens (primary N) is 1. The van der Waals surface area contributed by atoms with Gasteiger partial charge >= 0.3 is 5.97 Å². The van der Waals surface area contributed by atoms with Crippen LogP contribution in [0.15, 0.2) is 36.7 Å². The van der Waals surface area contributed by atoms with Crippen molar-refractivity contribution in [2.24, 2.45) is 5.73 Å².